The maximum atomic E-state index is 10.9. The van der Waals surface area contributed by atoms with Crippen molar-refractivity contribution in [1.82, 2.24) is 4.98 Å². The Bertz CT molecular complexity index is 1460. The number of pyridine rings is 1. The van der Waals surface area contributed by atoms with Gasteiger partial charge in [-0.15, -0.1) is 0 Å². The summed E-state index contributed by atoms with van der Waals surface area (Å²) < 4.78 is 0. The van der Waals surface area contributed by atoms with Crippen LogP contribution < -0.4 is 5.11 Å². The summed E-state index contributed by atoms with van der Waals surface area (Å²) in [6, 6.07) is 26.2. The number of aliphatic hydroxyl groups is 1. The van der Waals surface area contributed by atoms with Crippen LogP contribution in [-0.4, -0.2) is 21.8 Å². The van der Waals surface area contributed by atoms with E-state index in [1.165, 1.54) is 5.56 Å². The fourth-order valence-electron chi connectivity index (χ4n) is 4.65. The van der Waals surface area contributed by atoms with Crippen LogP contribution in [0.5, 0.6) is 0 Å². The monoisotopic (exact) mass is 558 g/mol. The number of halogens is 1. The van der Waals surface area contributed by atoms with Crippen LogP contribution in [0.25, 0.3) is 23.1 Å². The molecule has 0 saturated carbocycles. The first kappa shape index (κ1) is 28.9. The van der Waals surface area contributed by atoms with Crippen molar-refractivity contribution >= 4 is 52.4 Å². The van der Waals surface area contributed by atoms with Crippen molar-refractivity contribution in [1.29, 1.82) is 0 Å². The van der Waals surface area contributed by atoms with Crippen LogP contribution >= 0.6 is 23.4 Å². The smallest absolute Gasteiger partial charge is 0.0843 e. The number of benzene rings is 3. The molecule has 6 heteroatoms. The lowest BCUT2D eigenvalue weighted by Crippen LogP contribution is -2.21. The predicted octanol–water partition coefficient (Wildman–Crippen LogP) is 7.22. The number of aliphatic carboxylic acids is 1. The molecule has 0 aliphatic carbocycles. The summed E-state index contributed by atoms with van der Waals surface area (Å²) in [6.45, 7) is 3.62. The van der Waals surface area contributed by atoms with E-state index >= 15 is 0 Å². The molecular weight excluding hydrogens is 526 g/mol. The Balaban J connectivity index is 1.53. The Morgan fingerprint density at radius 2 is 1.85 bits per heavy atom. The van der Waals surface area contributed by atoms with Gasteiger partial charge in [-0.3, -0.25) is 0 Å². The third-order valence-electron chi connectivity index (χ3n) is 6.60. The summed E-state index contributed by atoms with van der Waals surface area (Å²) in [5.41, 5.74) is 5.12. The van der Waals surface area contributed by atoms with E-state index < -0.39 is 11.6 Å². The average Bonchev–Trinajstić information content (AvgIpc) is 2.91. The summed E-state index contributed by atoms with van der Waals surface area (Å²) >= 11 is 7.92. The van der Waals surface area contributed by atoms with Crippen LogP contribution in [0.15, 0.2) is 78.9 Å². The van der Waals surface area contributed by atoms with E-state index in [0.717, 1.165) is 51.9 Å². The summed E-state index contributed by atoms with van der Waals surface area (Å²) in [6.07, 6.45) is 6.37. The molecular formula is C33H33ClNO3S-. The molecule has 39 heavy (non-hydrogen) atoms. The molecule has 0 aliphatic heterocycles. The first-order valence-corrected chi connectivity index (χ1v) is 14.6. The first-order chi connectivity index (χ1) is 18.7. The van der Waals surface area contributed by atoms with E-state index in [9.17, 15) is 15.0 Å². The molecule has 1 N–H and O–H groups in total. The number of aromatic nitrogens is 1. The summed E-state index contributed by atoms with van der Waals surface area (Å²) in [5, 5.41) is 23.5. The number of rotatable bonds is 12. The molecule has 4 nitrogen and oxygen atoms in total. The van der Waals surface area contributed by atoms with Crippen LogP contribution in [0.3, 0.4) is 0 Å². The number of hydrogen-bond donors (Lipinski definition) is 1. The Labute approximate surface area is 239 Å². The average molecular weight is 559 g/mol. The van der Waals surface area contributed by atoms with Crippen LogP contribution in [-0.2, 0) is 16.8 Å². The molecule has 0 bridgehead atoms. The molecule has 202 valence electrons. The standard InChI is InChI=1S/C33H34ClNO3S/c1-33(2,38)29-10-4-3-8-24(29)15-19-31(39-20-6-11-32(36)37)26-9-5-7-23(21-26)12-17-28-18-14-25-13-16-27(34)22-30(25)35-28/h3-5,7-10,12-14,16-18,21-22,31,38H,6,11,15,19-20H2,1-2H3,(H,36,37)/p-1/b17-12+/t31-/m1/s1. The van der Waals surface area contributed by atoms with Crippen LogP contribution in [0.2, 0.25) is 5.02 Å². The van der Waals surface area contributed by atoms with E-state index in [1.807, 2.05) is 68.5 Å². The maximum absolute atomic E-state index is 10.9. The number of thioether (sulfide) groups is 1. The van der Waals surface area contributed by atoms with E-state index in [2.05, 4.69) is 36.4 Å². The highest BCUT2D eigenvalue weighted by Gasteiger charge is 2.20. The number of hydrogen-bond acceptors (Lipinski definition) is 5. The molecule has 4 aromatic rings. The SMILES string of the molecule is CC(C)(O)c1ccccc1CC[C@@H](SCCCC(=O)[O-])c1cccc(/C=C/c2ccc3ccc(Cl)cc3n2)c1. The van der Waals surface area contributed by atoms with Gasteiger partial charge in [0.1, 0.15) is 0 Å². The van der Waals surface area contributed by atoms with Crippen molar-refractivity contribution in [3.8, 4) is 0 Å². The molecule has 1 aromatic heterocycles. The number of carboxylic acids is 1. The minimum atomic E-state index is -1.01. The Morgan fingerprint density at radius 3 is 2.64 bits per heavy atom. The van der Waals surface area contributed by atoms with Crippen molar-refractivity contribution in [3.63, 3.8) is 0 Å². The number of carboxylic acid groups (broad SMARTS) is 1. The molecule has 4 rings (SSSR count). The number of carbonyl (C=O) groups excluding carboxylic acids is 1. The number of nitrogens with zero attached hydrogens (tertiary/aromatic N) is 1. The van der Waals surface area contributed by atoms with Gasteiger partial charge < -0.3 is 15.0 Å². The zero-order valence-electron chi connectivity index (χ0n) is 22.3. The maximum Gasteiger partial charge on any atom is 0.0843 e. The quantitative estimate of drug-likeness (QED) is 0.186. The summed E-state index contributed by atoms with van der Waals surface area (Å²) in [7, 11) is 0. The van der Waals surface area contributed by atoms with Crippen molar-refractivity contribution in [2.45, 2.75) is 50.4 Å². The second-order valence-corrected chi connectivity index (χ2v) is 11.9. The first-order valence-electron chi connectivity index (χ1n) is 13.2. The van der Waals surface area contributed by atoms with Gasteiger partial charge in [0, 0.05) is 21.6 Å². The Morgan fingerprint density at radius 1 is 1.05 bits per heavy atom. The summed E-state index contributed by atoms with van der Waals surface area (Å²) in [4.78, 5) is 15.6. The van der Waals surface area contributed by atoms with E-state index in [0.29, 0.717) is 11.4 Å². The van der Waals surface area contributed by atoms with Crippen LogP contribution in [0, 0.1) is 0 Å². The fraction of sp³-hybridized carbons (Fsp3) is 0.273. The number of aryl methyl sites for hydroxylation is 1. The lowest BCUT2D eigenvalue weighted by atomic mass is 9.90. The van der Waals surface area contributed by atoms with Gasteiger partial charge in [-0.2, -0.15) is 11.8 Å². The van der Waals surface area contributed by atoms with E-state index in [4.69, 9.17) is 16.6 Å². The zero-order valence-corrected chi connectivity index (χ0v) is 23.8. The normalized spacial score (nSPS) is 12.7. The molecule has 0 aliphatic rings. The molecule has 0 radical (unpaired) electrons. The number of fused-ring (bicyclic) bond motifs is 1. The largest absolute Gasteiger partial charge is 0.550 e. The Hall–Kier alpha value is -3.12. The molecule has 0 unspecified atom stereocenters. The molecule has 3 aromatic carbocycles. The second-order valence-electron chi connectivity index (χ2n) is 10.2. The minimum absolute atomic E-state index is 0.0635. The lowest BCUT2D eigenvalue weighted by molar-refractivity contribution is -0.305. The highest BCUT2D eigenvalue weighted by Crippen LogP contribution is 2.36. The summed E-state index contributed by atoms with van der Waals surface area (Å²) in [5.74, 6) is -0.280. The van der Waals surface area contributed by atoms with Crippen molar-refractivity contribution < 1.29 is 15.0 Å². The minimum Gasteiger partial charge on any atom is -0.550 e. The molecule has 0 saturated heterocycles. The molecule has 1 heterocycles. The van der Waals surface area contributed by atoms with Crippen molar-refractivity contribution in [3.05, 3.63) is 112 Å². The number of carbonyl (C=O) groups is 1. The third kappa shape index (κ3) is 8.43. The zero-order chi connectivity index (χ0) is 27.8. The van der Waals surface area contributed by atoms with Gasteiger partial charge >= 0.3 is 0 Å². The fourth-order valence-corrected chi connectivity index (χ4v) is 6.04. The molecule has 1 atom stereocenters. The van der Waals surface area contributed by atoms with Crippen LogP contribution in [0.1, 0.15) is 66.3 Å². The highest BCUT2D eigenvalue weighted by atomic mass is 35.5. The van der Waals surface area contributed by atoms with Gasteiger partial charge in [-0.25, -0.2) is 4.98 Å². The van der Waals surface area contributed by atoms with Gasteiger partial charge in [-0.05, 0) is 91.8 Å². The third-order valence-corrected chi connectivity index (χ3v) is 8.27. The van der Waals surface area contributed by atoms with Crippen molar-refractivity contribution in [2.75, 3.05) is 5.75 Å². The lowest BCUT2D eigenvalue weighted by Gasteiger charge is -2.23. The molecule has 0 amide bonds. The highest BCUT2D eigenvalue weighted by molar-refractivity contribution is 7.99. The van der Waals surface area contributed by atoms with Gasteiger partial charge in [0.05, 0.1) is 16.8 Å². The van der Waals surface area contributed by atoms with Gasteiger partial charge in [-0.1, -0.05) is 78.3 Å². The molecule has 0 spiro atoms. The van der Waals surface area contributed by atoms with Gasteiger partial charge in [0.15, 0.2) is 0 Å². The van der Waals surface area contributed by atoms with Crippen molar-refractivity contribution in [2.24, 2.45) is 0 Å². The van der Waals surface area contributed by atoms with E-state index in [-0.39, 0.29) is 11.7 Å². The Kier molecular flexibility index (Phi) is 9.84. The van der Waals surface area contributed by atoms with E-state index in [1.54, 1.807) is 11.8 Å². The van der Waals surface area contributed by atoms with Gasteiger partial charge in [0.25, 0.3) is 0 Å². The molecule has 0 fully saturated rings. The topological polar surface area (TPSA) is 73.2 Å². The predicted molar refractivity (Wildman–Crippen MR) is 162 cm³/mol. The van der Waals surface area contributed by atoms with Gasteiger partial charge in [0.2, 0.25) is 0 Å². The van der Waals surface area contributed by atoms with Crippen LogP contribution in [0.4, 0.5) is 0 Å². The second kappa shape index (κ2) is 13.3.